The van der Waals surface area contributed by atoms with Crippen LogP contribution in [0.2, 0.25) is 0 Å². The number of nitrogens with one attached hydrogen (secondary N) is 1. The number of benzene rings is 1. The Morgan fingerprint density at radius 2 is 1.81 bits per heavy atom. The van der Waals surface area contributed by atoms with Crippen molar-refractivity contribution in [3.63, 3.8) is 0 Å². The van der Waals surface area contributed by atoms with Gasteiger partial charge in [0.25, 0.3) is 5.76 Å². The first-order valence-electron chi connectivity index (χ1n) is 6.53. The van der Waals surface area contributed by atoms with Gasteiger partial charge < -0.3 is 11.1 Å². The van der Waals surface area contributed by atoms with Gasteiger partial charge in [-0.15, -0.1) is 12.4 Å². The van der Waals surface area contributed by atoms with Crippen molar-refractivity contribution >= 4 is 35.8 Å². The first-order chi connectivity index (χ1) is 9.47. The fraction of sp³-hybridized carbons (Fsp3) is 0.500. The maximum Gasteiger partial charge on any atom is 0.288 e. The number of hydrogen-bond acceptors (Lipinski definition) is 3. The van der Waals surface area contributed by atoms with Crippen LogP contribution in [-0.4, -0.2) is 18.2 Å². The highest BCUT2D eigenvalue weighted by atomic mass is 35.5. The number of thioether (sulfide) groups is 1. The zero-order chi connectivity index (χ0) is 15.2. The number of amides is 1. The SMILES string of the molecule is CCC(CC)(CN)C(=O)Nc1ccc(SC(F)F)cc1.Cl. The Morgan fingerprint density at radius 1 is 1.29 bits per heavy atom. The van der Waals surface area contributed by atoms with Crippen LogP contribution in [0.15, 0.2) is 29.2 Å². The van der Waals surface area contributed by atoms with E-state index >= 15 is 0 Å². The largest absolute Gasteiger partial charge is 0.329 e. The molecule has 0 aliphatic carbocycles. The number of carbonyl (C=O) groups excluding carboxylic acids is 1. The van der Waals surface area contributed by atoms with E-state index < -0.39 is 11.2 Å². The average molecular weight is 339 g/mol. The van der Waals surface area contributed by atoms with Crippen LogP contribution in [0.25, 0.3) is 0 Å². The Kier molecular flexibility index (Phi) is 8.85. The minimum atomic E-state index is -2.44. The number of rotatable bonds is 7. The number of anilines is 1. The lowest BCUT2D eigenvalue weighted by Crippen LogP contribution is -2.41. The molecule has 1 amide bonds. The molecule has 0 aromatic heterocycles. The Balaban J connectivity index is 0.00000400. The van der Waals surface area contributed by atoms with E-state index in [0.717, 1.165) is 0 Å². The highest BCUT2D eigenvalue weighted by molar-refractivity contribution is 7.99. The predicted molar refractivity (Wildman–Crippen MR) is 86.3 cm³/mol. The molecule has 0 heterocycles. The maximum atomic E-state index is 12.3. The van der Waals surface area contributed by atoms with Crippen LogP contribution in [0.1, 0.15) is 26.7 Å². The van der Waals surface area contributed by atoms with Gasteiger partial charge in [0.15, 0.2) is 0 Å². The summed E-state index contributed by atoms with van der Waals surface area (Å²) in [5.41, 5.74) is 5.73. The molecule has 0 fully saturated rings. The van der Waals surface area contributed by atoms with Gasteiger partial charge in [-0.3, -0.25) is 4.79 Å². The highest BCUT2D eigenvalue weighted by Crippen LogP contribution is 2.29. The first kappa shape index (κ1) is 20.1. The van der Waals surface area contributed by atoms with Crippen molar-refractivity contribution in [2.24, 2.45) is 11.1 Å². The van der Waals surface area contributed by atoms with Crippen LogP contribution in [-0.2, 0) is 4.79 Å². The quantitative estimate of drug-likeness (QED) is 0.735. The summed E-state index contributed by atoms with van der Waals surface area (Å²) < 4.78 is 24.4. The molecule has 1 aromatic rings. The summed E-state index contributed by atoms with van der Waals surface area (Å²) in [7, 11) is 0. The molecule has 0 radical (unpaired) electrons. The van der Waals surface area contributed by atoms with Gasteiger partial charge in [-0.25, -0.2) is 0 Å². The van der Waals surface area contributed by atoms with Crippen molar-refractivity contribution in [2.75, 3.05) is 11.9 Å². The van der Waals surface area contributed by atoms with E-state index in [1.165, 1.54) is 0 Å². The summed E-state index contributed by atoms with van der Waals surface area (Å²) in [4.78, 5) is 12.7. The summed E-state index contributed by atoms with van der Waals surface area (Å²) in [5, 5.41) is 2.80. The van der Waals surface area contributed by atoms with E-state index in [4.69, 9.17) is 5.73 Å². The van der Waals surface area contributed by atoms with Crippen LogP contribution in [0.4, 0.5) is 14.5 Å². The van der Waals surface area contributed by atoms with Gasteiger partial charge in [0.05, 0.1) is 5.41 Å². The topological polar surface area (TPSA) is 55.1 Å². The van der Waals surface area contributed by atoms with Crippen LogP contribution >= 0.6 is 24.2 Å². The minimum Gasteiger partial charge on any atom is -0.329 e. The molecule has 0 saturated heterocycles. The smallest absolute Gasteiger partial charge is 0.288 e. The molecule has 120 valence electrons. The van der Waals surface area contributed by atoms with Gasteiger partial charge in [0, 0.05) is 17.1 Å². The standard InChI is InChI=1S/C14H20F2N2OS.ClH/c1-3-14(4-2,9-17)12(19)18-10-5-7-11(8-6-10)20-13(15)16;/h5-8,13H,3-4,9,17H2,1-2H3,(H,18,19);1H. The van der Waals surface area contributed by atoms with Gasteiger partial charge in [-0.1, -0.05) is 25.6 Å². The highest BCUT2D eigenvalue weighted by Gasteiger charge is 2.33. The summed E-state index contributed by atoms with van der Waals surface area (Å²) >= 11 is 0.479. The van der Waals surface area contributed by atoms with E-state index in [9.17, 15) is 13.6 Å². The molecule has 0 aliphatic heterocycles. The van der Waals surface area contributed by atoms with Crippen molar-refractivity contribution in [3.8, 4) is 0 Å². The number of hydrogen-bond donors (Lipinski definition) is 2. The molecule has 0 bridgehead atoms. The molecule has 0 saturated carbocycles. The summed E-state index contributed by atoms with van der Waals surface area (Å²) in [6.45, 7) is 4.14. The zero-order valence-corrected chi connectivity index (χ0v) is 13.7. The third-order valence-electron chi connectivity index (χ3n) is 3.56. The number of nitrogens with two attached hydrogens (primary N) is 1. The van der Waals surface area contributed by atoms with E-state index in [1.807, 2.05) is 13.8 Å². The fourth-order valence-electron chi connectivity index (χ4n) is 1.94. The first-order valence-corrected chi connectivity index (χ1v) is 7.41. The van der Waals surface area contributed by atoms with Crippen LogP contribution in [0.5, 0.6) is 0 Å². The molecule has 21 heavy (non-hydrogen) atoms. The third kappa shape index (κ3) is 5.45. The summed E-state index contributed by atoms with van der Waals surface area (Å²) in [5.74, 6) is -2.57. The van der Waals surface area contributed by atoms with Crippen LogP contribution < -0.4 is 11.1 Å². The molecule has 3 N–H and O–H groups in total. The van der Waals surface area contributed by atoms with Crippen LogP contribution in [0.3, 0.4) is 0 Å². The maximum absolute atomic E-state index is 12.3. The van der Waals surface area contributed by atoms with E-state index in [0.29, 0.717) is 35.2 Å². The lowest BCUT2D eigenvalue weighted by Gasteiger charge is -2.28. The second kappa shape index (κ2) is 9.23. The third-order valence-corrected chi connectivity index (χ3v) is 4.29. The molecule has 3 nitrogen and oxygen atoms in total. The van der Waals surface area contributed by atoms with Gasteiger partial charge in [0.2, 0.25) is 5.91 Å². The lowest BCUT2D eigenvalue weighted by atomic mass is 9.81. The molecule has 0 unspecified atom stereocenters. The monoisotopic (exact) mass is 338 g/mol. The predicted octanol–water partition coefficient (Wildman–Crippen LogP) is 4.13. The Hall–Kier alpha value is -0.850. The minimum absolute atomic E-state index is 0. The normalized spacial score (nSPS) is 11.1. The number of carbonyl (C=O) groups is 1. The molecule has 1 aromatic carbocycles. The van der Waals surface area contributed by atoms with E-state index in [1.54, 1.807) is 24.3 Å². The Labute approximate surface area is 134 Å². The van der Waals surface area contributed by atoms with Crippen molar-refractivity contribution in [3.05, 3.63) is 24.3 Å². The van der Waals surface area contributed by atoms with Gasteiger partial charge in [0.1, 0.15) is 0 Å². The van der Waals surface area contributed by atoms with Crippen molar-refractivity contribution < 1.29 is 13.6 Å². The van der Waals surface area contributed by atoms with Gasteiger partial charge in [-0.05, 0) is 37.1 Å². The van der Waals surface area contributed by atoms with E-state index in [-0.39, 0.29) is 24.9 Å². The van der Waals surface area contributed by atoms with E-state index in [2.05, 4.69) is 5.32 Å². The molecule has 0 atom stereocenters. The molecular weight excluding hydrogens is 318 g/mol. The van der Waals surface area contributed by atoms with Gasteiger partial charge in [-0.2, -0.15) is 8.78 Å². The second-order valence-corrected chi connectivity index (χ2v) is 5.61. The number of alkyl halides is 2. The van der Waals surface area contributed by atoms with Crippen LogP contribution in [0, 0.1) is 5.41 Å². The zero-order valence-electron chi connectivity index (χ0n) is 12.1. The molecule has 1 rings (SSSR count). The van der Waals surface area contributed by atoms with Crippen molar-refractivity contribution in [1.29, 1.82) is 0 Å². The Bertz CT molecular complexity index is 431. The van der Waals surface area contributed by atoms with Gasteiger partial charge >= 0.3 is 0 Å². The Morgan fingerprint density at radius 3 is 2.19 bits per heavy atom. The second-order valence-electron chi connectivity index (χ2n) is 4.55. The molecule has 0 spiro atoms. The van der Waals surface area contributed by atoms with Crippen molar-refractivity contribution in [2.45, 2.75) is 37.3 Å². The molecule has 0 aliphatic rings. The molecular formula is C14H21ClF2N2OS. The lowest BCUT2D eigenvalue weighted by molar-refractivity contribution is -0.125. The number of halogens is 3. The average Bonchev–Trinajstić information content (AvgIpc) is 2.43. The van der Waals surface area contributed by atoms with Crippen molar-refractivity contribution in [1.82, 2.24) is 0 Å². The summed E-state index contributed by atoms with van der Waals surface area (Å²) in [6.07, 6.45) is 1.32. The molecule has 7 heteroatoms. The summed E-state index contributed by atoms with van der Waals surface area (Å²) in [6, 6.07) is 6.37. The fourth-order valence-corrected chi connectivity index (χ4v) is 2.43.